The monoisotopic (exact) mass is 365 g/mol. The van der Waals surface area contributed by atoms with Crippen molar-refractivity contribution in [3.05, 3.63) is 77.6 Å². The highest BCUT2D eigenvalue weighted by atomic mass is 19.1. The topological polar surface area (TPSA) is 63.9 Å². The minimum atomic E-state index is -0.298. The van der Waals surface area contributed by atoms with E-state index in [2.05, 4.69) is 15.3 Å². The summed E-state index contributed by atoms with van der Waals surface area (Å²) in [6.07, 6.45) is 8.07. The Hall–Kier alpha value is -3.09. The van der Waals surface area contributed by atoms with Gasteiger partial charge >= 0.3 is 0 Å². The zero-order valence-corrected chi connectivity index (χ0v) is 14.8. The van der Waals surface area contributed by atoms with E-state index < -0.39 is 0 Å². The SMILES string of the molecule is O=C(c1cn(Cc2ccccc2F)nn1)N1CCCCC1c1cccnc1. The second kappa shape index (κ2) is 7.65. The van der Waals surface area contributed by atoms with E-state index in [0.717, 1.165) is 24.8 Å². The Morgan fingerprint density at radius 1 is 1.19 bits per heavy atom. The number of hydrogen-bond donors (Lipinski definition) is 0. The molecule has 7 heteroatoms. The molecule has 2 aromatic heterocycles. The van der Waals surface area contributed by atoms with Gasteiger partial charge in [0.25, 0.3) is 5.91 Å². The first-order chi connectivity index (χ1) is 13.2. The number of piperidine rings is 1. The van der Waals surface area contributed by atoms with Gasteiger partial charge in [-0.1, -0.05) is 29.5 Å². The van der Waals surface area contributed by atoms with Gasteiger partial charge in [0.15, 0.2) is 5.69 Å². The van der Waals surface area contributed by atoms with Crippen molar-refractivity contribution in [2.45, 2.75) is 31.8 Å². The predicted octanol–water partition coefficient (Wildman–Crippen LogP) is 3.23. The molecular weight excluding hydrogens is 345 g/mol. The highest BCUT2D eigenvalue weighted by molar-refractivity contribution is 5.92. The van der Waals surface area contributed by atoms with Crippen LogP contribution < -0.4 is 0 Å². The van der Waals surface area contributed by atoms with Crippen LogP contribution in [0.25, 0.3) is 0 Å². The fourth-order valence-electron chi connectivity index (χ4n) is 3.52. The number of nitrogens with zero attached hydrogens (tertiary/aromatic N) is 5. The van der Waals surface area contributed by atoms with Crippen molar-refractivity contribution in [1.29, 1.82) is 0 Å². The summed E-state index contributed by atoms with van der Waals surface area (Å²) in [6, 6.07) is 10.4. The molecule has 27 heavy (non-hydrogen) atoms. The molecule has 1 saturated heterocycles. The standard InChI is InChI=1S/C20H20FN5O/c21-17-8-2-1-6-16(17)13-25-14-18(23-24-25)20(27)26-11-4-3-9-19(26)15-7-5-10-22-12-15/h1-2,5-8,10,12,14,19H,3-4,9,11,13H2. The quantitative estimate of drug-likeness (QED) is 0.712. The lowest BCUT2D eigenvalue weighted by Gasteiger charge is -2.35. The van der Waals surface area contributed by atoms with E-state index in [9.17, 15) is 9.18 Å². The van der Waals surface area contributed by atoms with E-state index in [1.54, 1.807) is 30.6 Å². The molecule has 0 spiro atoms. The predicted molar refractivity (Wildman–Crippen MR) is 97.4 cm³/mol. The molecule has 0 radical (unpaired) electrons. The van der Waals surface area contributed by atoms with Gasteiger partial charge in [0.2, 0.25) is 0 Å². The van der Waals surface area contributed by atoms with Gasteiger partial charge in [-0.3, -0.25) is 9.78 Å². The lowest BCUT2D eigenvalue weighted by Crippen LogP contribution is -2.38. The third-order valence-electron chi connectivity index (χ3n) is 4.88. The molecule has 6 nitrogen and oxygen atoms in total. The third kappa shape index (κ3) is 3.72. The smallest absolute Gasteiger partial charge is 0.276 e. The fraction of sp³-hybridized carbons (Fsp3) is 0.300. The first-order valence-corrected chi connectivity index (χ1v) is 9.07. The molecule has 0 saturated carbocycles. The average Bonchev–Trinajstić information content (AvgIpc) is 3.18. The highest BCUT2D eigenvalue weighted by Gasteiger charge is 2.30. The molecule has 0 N–H and O–H groups in total. The van der Waals surface area contributed by atoms with Crippen molar-refractivity contribution in [3.63, 3.8) is 0 Å². The Labute approximate surface area is 156 Å². The zero-order chi connectivity index (χ0) is 18.6. The normalized spacial score (nSPS) is 17.1. The molecule has 1 aromatic carbocycles. The number of carbonyl (C=O) groups excluding carboxylic acids is 1. The summed E-state index contributed by atoms with van der Waals surface area (Å²) < 4.78 is 15.3. The Balaban J connectivity index is 1.53. The summed E-state index contributed by atoms with van der Waals surface area (Å²) in [5, 5.41) is 8.04. The molecule has 1 aliphatic rings. The van der Waals surface area contributed by atoms with Gasteiger partial charge in [0.1, 0.15) is 5.82 Å². The molecule has 4 rings (SSSR count). The maximum absolute atomic E-state index is 13.8. The Morgan fingerprint density at radius 2 is 2.07 bits per heavy atom. The van der Waals surface area contributed by atoms with Crippen LogP contribution in [-0.2, 0) is 6.54 Å². The number of aromatic nitrogens is 4. The first-order valence-electron chi connectivity index (χ1n) is 9.07. The van der Waals surface area contributed by atoms with Crippen molar-refractivity contribution in [1.82, 2.24) is 24.9 Å². The van der Waals surface area contributed by atoms with Gasteiger partial charge in [0.05, 0.1) is 18.8 Å². The number of pyridine rings is 1. The van der Waals surface area contributed by atoms with Crippen molar-refractivity contribution >= 4 is 5.91 Å². The summed E-state index contributed by atoms with van der Waals surface area (Å²) in [7, 11) is 0. The van der Waals surface area contributed by atoms with Gasteiger partial charge in [-0.25, -0.2) is 9.07 Å². The van der Waals surface area contributed by atoms with Gasteiger partial charge < -0.3 is 4.90 Å². The van der Waals surface area contributed by atoms with Crippen LogP contribution in [0, 0.1) is 5.82 Å². The maximum atomic E-state index is 13.8. The van der Waals surface area contributed by atoms with Gasteiger partial charge in [0, 0.05) is 24.5 Å². The summed E-state index contributed by atoms with van der Waals surface area (Å²) in [4.78, 5) is 19.1. The molecule has 0 aliphatic carbocycles. The molecule has 1 amide bonds. The van der Waals surface area contributed by atoms with Crippen LogP contribution in [0.5, 0.6) is 0 Å². The van der Waals surface area contributed by atoms with Crippen LogP contribution in [0.4, 0.5) is 4.39 Å². The number of likely N-dealkylation sites (tertiary alicyclic amines) is 1. The average molecular weight is 365 g/mol. The number of rotatable bonds is 4. The second-order valence-corrected chi connectivity index (χ2v) is 6.69. The van der Waals surface area contributed by atoms with Crippen LogP contribution in [0.15, 0.2) is 55.0 Å². The summed E-state index contributed by atoms with van der Waals surface area (Å²) in [6.45, 7) is 0.914. The van der Waals surface area contributed by atoms with Crippen LogP contribution in [0.1, 0.15) is 46.9 Å². The van der Waals surface area contributed by atoms with Crippen molar-refractivity contribution in [2.24, 2.45) is 0 Å². The number of benzene rings is 1. The van der Waals surface area contributed by atoms with Crippen LogP contribution in [-0.4, -0.2) is 37.3 Å². The summed E-state index contributed by atoms with van der Waals surface area (Å²) >= 11 is 0. The van der Waals surface area contributed by atoms with Crippen molar-refractivity contribution < 1.29 is 9.18 Å². The van der Waals surface area contributed by atoms with Crippen LogP contribution >= 0.6 is 0 Å². The van der Waals surface area contributed by atoms with Crippen LogP contribution in [0.3, 0.4) is 0 Å². The van der Waals surface area contributed by atoms with Gasteiger partial charge in [-0.15, -0.1) is 5.10 Å². The summed E-state index contributed by atoms with van der Waals surface area (Å²) in [5.41, 5.74) is 1.82. The number of halogens is 1. The minimum Gasteiger partial charge on any atom is -0.330 e. The van der Waals surface area contributed by atoms with Crippen molar-refractivity contribution in [2.75, 3.05) is 6.54 Å². The Bertz CT molecular complexity index is 927. The van der Waals surface area contributed by atoms with Gasteiger partial charge in [-0.2, -0.15) is 0 Å². The van der Waals surface area contributed by atoms with E-state index >= 15 is 0 Å². The van der Waals surface area contributed by atoms with E-state index in [4.69, 9.17) is 0 Å². The molecule has 3 aromatic rings. The molecule has 1 atom stereocenters. The maximum Gasteiger partial charge on any atom is 0.276 e. The molecule has 1 unspecified atom stereocenters. The molecule has 138 valence electrons. The lowest BCUT2D eigenvalue weighted by atomic mass is 9.96. The van der Waals surface area contributed by atoms with Crippen LogP contribution in [0.2, 0.25) is 0 Å². The molecule has 0 bridgehead atoms. The van der Waals surface area contributed by atoms with E-state index in [1.807, 2.05) is 23.2 Å². The molecule has 1 fully saturated rings. The zero-order valence-electron chi connectivity index (χ0n) is 14.8. The van der Waals surface area contributed by atoms with Crippen molar-refractivity contribution in [3.8, 4) is 0 Å². The minimum absolute atomic E-state index is 0.00309. The van der Waals surface area contributed by atoms with E-state index in [1.165, 1.54) is 10.7 Å². The molecule has 1 aliphatic heterocycles. The van der Waals surface area contributed by atoms with Gasteiger partial charge in [-0.05, 0) is 37.0 Å². The second-order valence-electron chi connectivity index (χ2n) is 6.69. The number of hydrogen-bond acceptors (Lipinski definition) is 4. The van der Waals surface area contributed by atoms with E-state index in [0.29, 0.717) is 12.1 Å². The highest BCUT2D eigenvalue weighted by Crippen LogP contribution is 2.31. The number of amides is 1. The number of carbonyl (C=O) groups is 1. The van der Waals surface area contributed by atoms with E-state index in [-0.39, 0.29) is 30.0 Å². The molecule has 3 heterocycles. The lowest BCUT2D eigenvalue weighted by molar-refractivity contribution is 0.0605. The summed E-state index contributed by atoms with van der Waals surface area (Å²) in [5.74, 6) is -0.447. The Morgan fingerprint density at radius 3 is 2.89 bits per heavy atom. The third-order valence-corrected chi connectivity index (χ3v) is 4.88. The molecular formula is C20H20FN5O. The largest absolute Gasteiger partial charge is 0.330 e. The first kappa shape index (κ1) is 17.3. The fourth-order valence-corrected chi connectivity index (χ4v) is 3.52. The Kier molecular flexibility index (Phi) is 4.91.